The van der Waals surface area contributed by atoms with Crippen LogP contribution in [-0.4, -0.2) is 31.1 Å². The van der Waals surface area contributed by atoms with Crippen molar-refractivity contribution in [1.82, 2.24) is 5.32 Å². The van der Waals surface area contributed by atoms with Crippen molar-refractivity contribution < 1.29 is 19.1 Å². The number of halogens is 2. The highest BCUT2D eigenvalue weighted by Gasteiger charge is 2.40. The number of nitrogens with one attached hydrogen (secondary N) is 1. The number of ether oxygens (including phenoxy) is 2. The van der Waals surface area contributed by atoms with Gasteiger partial charge in [-0.05, 0) is 44.2 Å². The summed E-state index contributed by atoms with van der Waals surface area (Å²) in [6, 6.07) is 5.29. The quantitative estimate of drug-likeness (QED) is 0.695. The van der Waals surface area contributed by atoms with E-state index in [9.17, 15) is 9.59 Å². The van der Waals surface area contributed by atoms with Gasteiger partial charge in [0.25, 0.3) is 0 Å². The first-order chi connectivity index (χ1) is 14.0. The van der Waals surface area contributed by atoms with Gasteiger partial charge >= 0.3 is 5.97 Å². The summed E-state index contributed by atoms with van der Waals surface area (Å²) in [6.45, 7) is 2.72. The summed E-state index contributed by atoms with van der Waals surface area (Å²) in [6.07, 6.45) is 3.76. The molecule has 0 aromatic heterocycles. The zero-order valence-corrected chi connectivity index (χ0v) is 17.7. The van der Waals surface area contributed by atoms with E-state index in [0.717, 1.165) is 31.4 Å². The second-order valence-electron chi connectivity index (χ2n) is 7.64. The number of Topliss-reactive ketones (excluding diaryl/α,β-unsaturated/α-hetero) is 1. The number of carbonyl (C=O) groups excluding carboxylic acids is 2. The molecule has 0 spiro atoms. The molecule has 2 heterocycles. The Morgan fingerprint density at radius 1 is 1.28 bits per heavy atom. The molecule has 7 heteroatoms. The first kappa shape index (κ1) is 20.5. The molecule has 29 heavy (non-hydrogen) atoms. The molecule has 0 amide bonds. The van der Waals surface area contributed by atoms with E-state index in [-0.39, 0.29) is 18.5 Å². The molecular weight excluding hydrogens is 413 g/mol. The third-order valence-electron chi connectivity index (χ3n) is 5.71. The van der Waals surface area contributed by atoms with Crippen LogP contribution >= 0.6 is 23.2 Å². The van der Waals surface area contributed by atoms with E-state index >= 15 is 0 Å². The van der Waals surface area contributed by atoms with Gasteiger partial charge < -0.3 is 14.8 Å². The lowest BCUT2D eigenvalue weighted by molar-refractivity contribution is -0.142. The van der Waals surface area contributed by atoms with Gasteiger partial charge in [-0.15, -0.1) is 0 Å². The minimum Gasteiger partial charge on any atom is -0.459 e. The molecule has 3 aliphatic rings. The summed E-state index contributed by atoms with van der Waals surface area (Å²) in [4.78, 5) is 26.0. The minimum atomic E-state index is -0.595. The predicted octanol–water partition coefficient (Wildman–Crippen LogP) is 4.68. The Balaban J connectivity index is 1.74. The standard InChI is InChI=1S/C22H23Cl2NO4/c1-12-18(22(27)29-11-13-5-4-10-28-13)19(14-6-2-7-15(23)21(14)24)20-16(25-12)8-3-9-17(20)26/h2,6-7,13,19,25H,3-5,8-11H2,1H3/t13-,19-/m0/s1. The highest BCUT2D eigenvalue weighted by molar-refractivity contribution is 6.42. The Bertz CT molecular complexity index is 915. The highest BCUT2D eigenvalue weighted by atomic mass is 35.5. The molecule has 0 unspecified atom stereocenters. The molecule has 154 valence electrons. The van der Waals surface area contributed by atoms with Crippen LogP contribution in [0, 0.1) is 0 Å². The molecular formula is C22H23Cl2NO4. The Labute approximate surface area is 180 Å². The van der Waals surface area contributed by atoms with Crippen LogP contribution in [0.1, 0.15) is 50.5 Å². The summed E-state index contributed by atoms with van der Waals surface area (Å²) < 4.78 is 11.2. The summed E-state index contributed by atoms with van der Waals surface area (Å²) in [5.41, 5.74) is 3.18. The number of esters is 1. The van der Waals surface area contributed by atoms with Gasteiger partial charge in [0.2, 0.25) is 0 Å². The van der Waals surface area contributed by atoms with Gasteiger partial charge in [-0.1, -0.05) is 35.3 Å². The average molecular weight is 436 g/mol. The number of hydrogen-bond acceptors (Lipinski definition) is 5. The maximum absolute atomic E-state index is 13.1. The van der Waals surface area contributed by atoms with Crippen molar-refractivity contribution in [2.45, 2.75) is 51.0 Å². The molecule has 1 aliphatic carbocycles. The van der Waals surface area contributed by atoms with Crippen molar-refractivity contribution >= 4 is 35.0 Å². The zero-order chi connectivity index (χ0) is 20.5. The molecule has 4 rings (SSSR count). The molecule has 0 radical (unpaired) electrons. The van der Waals surface area contributed by atoms with E-state index in [1.165, 1.54) is 0 Å². The molecule has 1 N–H and O–H groups in total. The summed E-state index contributed by atoms with van der Waals surface area (Å²) in [5, 5.41) is 4.01. The molecule has 2 aliphatic heterocycles. The molecule has 2 atom stereocenters. The fourth-order valence-electron chi connectivity index (χ4n) is 4.33. The number of hydrogen-bond donors (Lipinski definition) is 1. The second-order valence-corrected chi connectivity index (χ2v) is 8.43. The molecule has 1 fully saturated rings. The maximum Gasteiger partial charge on any atom is 0.336 e. The predicted molar refractivity (Wildman–Crippen MR) is 111 cm³/mol. The third kappa shape index (κ3) is 3.96. The van der Waals surface area contributed by atoms with Crippen molar-refractivity contribution in [3.05, 3.63) is 56.3 Å². The van der Waals surface area contributed by atoms with E-state index in [1.54, 1.807) is 12.1 Å². The Morgan fingerprint density at radius 3 is 2.86 bits per heavy atom. The van der Waals surface area contributed by atoms with Crippen LogP contribution in [0.3, 0.4) is 0 Å². The molecule has 0 saturated carbocycles. The summed E-state index contributed by atoms with van der Waals surface area (Å²) in [7, 11) is 0. The molecule has 1 aromatic carbocycles. The SMILES string of the molecule is CC1=C(C(=O)OC[C@@H]2CCCO2)[C@H](c2cccc(Cl)c2Cl)C2=C(CCCC2=O)N1. The highest BCUT2D eigenvalue weighted by Crippen LogP contribution is 2.45. The van der Waals surface area contributed by atoms with E-state index in [2.05, 4.69) is 5.32 Å². The van der Waals surface area contributed by atoms with E-state index < -0.39 is 11.9 Å². The topological polar surface area (TPSA) is 64.6 Å². The van der Waals surface area contributed by atoms with E-state index in [0.29, 0.717) is 45.5 Å². The summed E-state index contributed by atoms with van der Waals surface area (Å²) in [5.74, 6) is -1.03. The fourth-order valence-corrected chi connectivity index (χ4v) is 4.75. The van der Waals surface area contributed by atoms with Gasteiger partial charge in [0.15, 0.2) is 5.78 Å². The van der Waals surface area contributed by atoms with Gasteiger partial charge in [0.05, 0.1) is 21.7 Å². The third-order valence-corrected chi connectivity index (χ3v) is 6.55. The first-order valence-electron chi connectivity index (χ1n) is 9.94. The molecule has 0 bridgehead atoms. The molecule has 1 aromatic rings. The van der Waals surface area contributed by atoms with Crippen LogP contribution in [0.5, 0.6) is 0 Å². The molecule has 1 saturated heterocycles. The van der Waals surface area contributed by atoms with Gasteiger partial charge in [-0.25, -0.2) is 4.79 Å². The van der Waals surface area contributed by atoms with Crippen LogP contribution in [0.25, 0.3) is 0 Å². The van der Waals surface area contributed by atoms with Crippen molar-refractivity contribution in [2.75, 3.05) is 13.2 Å². The number of allylic oxidation sites excluding steroid dienone is 3. The van der Waals surface area contributed by atoms with Crippen molar-refractivity contribution in [1.29, 1.82) is 0 Å². The van der Waals surface area contributed by atoms with Gasteiger partial charge in [-0.2, -0.15) is 0 Å². The first-order valence-corrected chi connectivity index (χ1v) is 10.7. The van der Waals surface area contributed by atoms with Crippen LogP contribution < -0.4 is 5.32 Å². The van der Waals surface area contributed by atoms with Gasteiger partial charge in [-0.3, -0.25) is 4.79 Å². The lowest BCUT2D eigenvalue weighted by Crippen LogP contribution is -2.35. The van der Waals surface area contributed by atoms with Crippen LogP contribution in [0.4, 0.5) is 0 Å². The lowest BCUT2D eigenvalue weighted by Gasteiger charge is -2.34. The van der Waals surface area contributed by atoms with Crippen LogP contribution in [0.2, 0.25) is 10.0 Å². The summed E-state index contributed by atoms with van der Waals surface area (Å²) >= 11 is 12.8. The fraction of sp³-hybridized carbons (Fsp3) is 0.455. The number of ketones is 1. The van der Waals surface area contributed by atoms with E-state index in [1.807, 2.05) is 13.0 Å². The van der Waals surface area contributed by atoms with Crippen molar-refractivity contribution in [3.63, 3.8) is 0 Å². The Hall–Kier alpha value is -1.82. The second kappa shape index (κ2) is 8.50. The van der Waals surface area contributed by atoms with Gasteiger partial charge in [0.1, 0.15) is 6.61 Å². The minimum absolute atomic E-state index is 0.0247. The largest absolute Gasteiger partial charge is 0.459 e. The van der Waals surface area contributed by atoms with Crippen molar-refractivity contribution in [3.8, 4) is 0 Å². The molecule has 5 nitrogen and oxygen atoms in total. The number of carbonyl (C=O) groups is 2. The van der Waals surface area contributed by atoms with Crippen LogP contribution in [0.15, 0.2) is 40.7 Å². The van der Waals surface area contributed by atoms with Crippen LogP contribution in [-0.2, 0) is 19.1 Å². The Kier molecular flexibility index (Phi) is 6.00. The average Bonchev–Trinajstić information content (AvgIpc) is 3.21. The maximum atomic E-state index is 13.1. The van der Waals surface area contributed by atoms with E-state index in [4.69, 9.17) is 32.7 Å². The monoisotopic (exact) mass is 435 g/mol. The van der Waals surface area contributed by atoms with Gasteiger partial charge in [0, 0.05) is 35.9 Å². The van der Waals surface area contributed by atoms with Crippen molar-refractivity contribution in [2.24, 2.45) is 0 Å². The lowest BCUT2D eigenvalue weighted by atomic mass is 9.75. The Morgan fingerprint density at radius 2 is 2.10 bits per heavy atom. The smallest absolute Gasteiger partial charge is 0.336 e. The zero-order valence-electron chi connectivity index (χ0n) is 16.2. The number of dihydropyridines is 1. The number of benzene rings is 1. The normalized spacial score (nSPS) is 24.4. The number of rotatable bonds is 4.